The first-order chi connectivity index (χ1) is 19.1. The molecule has 0 heteroatoms. The van der Waals surface area contributed by atoms with E-state index in [4.69, 9.17) is 0 Å². The molecule has 0 bridgehead atoms. The van der Waals surface area contributed by atoms with Gasteiger partial charge in [-0.3, -0.25) is 0 Å². The van der Waals surface area contributed by atoms with Gasteiger partial charge in [0.1, 0.15) is 0 Å². The normalized spacial score (nSPS) is 14.8. The van der Waals surface area contributed by atoms with E-state index in [1.165, 1.54) is 77.2 Å². The average molecular weight is 499 g/mol. The zero-order chi connectivity index (χ0) is 26.1. The molecule has 0 spiro atoms. The zero-order valence-corrected chi connectivity index (χ0v) is 22.5. The third-order valence-corrected chi connectivity index (χ3v) is 9.12. The predicted octanol–water partition coefficient (Wildman–Crippen LogP) is 10.6. The van der Waals surface area contributed by atoms with Crippen LogP contribution in [0.2, 0.25) is 0 Å². The summed E-state index contributed by atoms with van der Waals surface area (Å²) in [5.74, 6) is 0. The molecule has 0 heterocycles. The lowest BCUT2D eigenvalue weighted by Crippen LogP contribution is -2.15. The Labute approximate surface area is 230 Å². The molecular formula is C39H30. The molecule has 2 aliphatic rings. The number of hydrogen-bond acceptors (Lipinski definition) is 0. The fourth-order valence-corrected chi connectivity index (χ4v) is 7.03. The van der Waals surface area contributed by atoms with Crippen LogP contribution in [0.5, 0.6) is 0 Å². The summed E-state index contributed by atoms with van der Waals surface area (Å²) in [6.45, 7) is 4.80. The van der Waals surface area contributed by atoms with Gasteiger partial charge in [-0.2, -0.15) is 0 Å². The van der Waals surface area contributed by atoms with Crippen molar-refractivity contribution in [1.82, 2.24) is 0 Å². The van der Waals surface area contributed by atoms with Crippen molar-refractivity contribution in [2.24, 2.45) is 0 Å². The number of allylic oxidation sites excluding steroid dienone is 1. The minimum Gasteiger partial charge on any atom is -0.0836 e. The zero-order valence-electron chi connectivity index (χ0n) is 22.5. The largest absolute Gasteiger partial charge is 0.0836 e. The van der Waals surface area contributed by atoms with E-state index in [0.717, 1.165) is 12.8 Å². The van der Waals surface area contributed by atoms with E-state index < -0.39 is 0 Å². The van der Waals surface area contributed by atoms with Crippen LogP contribution in [0.3, 0.4) is 0 Å². The van der Waals surface area contributed by atoms with Gasteiger partial charge in [-0.15, -0.1) is 0 Å². The van der Waals surface area contributed by atoms with Crippen LogP contribution in [-0.2, 0) is 11.8 Å². The summed E-state index contributed by atoms with van der Waals surface area (Å²) >= 11 is 0. The van der Waals surface area contributed by atoms with Gasteiger partial charge in [0, 0.05) is 5.41 Å². The quantitative estimate of drug-likeness (QED) is 0.223. The SMILES string of the molecule is CC1(C)c2ccc3c(c2-c2c1cc(-c1ccc(-c4ccc5ccccc5c4)cc1)c1ccccc21)C=CCC3. The van der Waals surface area contributed by atoms with Crippen LogP contribution >= 0.6 is 0 Å². The van der Waals surface area contributed by atoms with E-state index in [1.807, 2.05) is 0 Å². The van der Waals surface area contributed by atoms with E-state index in [2.05, 4.69) is 135 Å². The van der Waals surface area contributed by atoms with E-state index in [1.54, 1.807) is 0 Å². The molecule has 0 radical (unpaired) electrons. The Morgan fingerprint density at radius 3 is 2.13 bits per heavy atom. The van der Waals surface area contributed by atoms with Crippen molar-refractivity contribution >= 4 is 27.6 Å². The van der Waals surface area contributed by atoms with Gasteiger partial charge in [0.2, 0.25) is 0 Å². The lowest BCUT2D eigenvalue weighted by molar-refractivity contribution is 0.660. The minimum absolute atomic E-state index is 0.0468. The number of benzene rings is 6. The van der Waals surface area contributed by atoms with Gasteiger partial charge < -0.3 is 0 Å². The molecule has 0 saturated heterocycles. The fraction of sp³-hybridized carbons (Fsp3) is 0.128. The summed E-state index contributed by atoms with van der Waals surface area (Å²) in [6, 6.07) is 40.8. The van der Waals surface area contributed by atoms with Crippen LogP contribution in [0.15, 0.2) is 115 Å². The van der Waals surface area contributed by atoms with E-state index in [-0.39, 0.29) is 5.41 Å². The van der Waals surface area contributed by atoms with Gasteiger partial charge in [-0.1, -0.05) is 123 Å². The molecule has 0 unspecified atom stereocenters. The van der Waals surface area contributed by atoms with Crippen molar-refractivity contribution in [1.29, 1.82) is 0 Å². The number of hydrogen-bond donors (Lipinski definition) is 0. The molecule has 0 amide bonds. The molecule has 39 heavy (non-hydrogen) atoms. The van der Waals surface area contributed by atoms with Gasteiger partial charge in [0.25, 0.3) is 0 Å². The Morgan fingerprint density at radius 1 is 0.564 bits per heavy atom. The van der Waals surface area contributed by atoms with E-state index >= 15 is 0 Å². The second-order valence-electron chi connectivity index (χ2n) is 11.7. The molecule has 8 rings (SSSR count). The molecule has 0 fully saturated rings. The van der Waals surface area contributed by atoms with Crippen molar-refractivity contribution < 1.29 is 0 Å². The van der Waals surface area contributed by atoms with Crippen molar-refractivity contribution in [3.8, 4) is 33.4 Å². The number of aryl methyl sites for hydroxylation is 1. The molecule has 0 nitrogen and oxygen atoms in total. The van der Waals surface area contributed by atoms with Gasteiger partial charge in [0.05, 0.1) is 0 Å². The lowest BCUT2D eigenvalue weighted by atomic mass is 9.80. The highest BCUT2D eigenvalue weighted by Crippen LogP contribution is 2.55. The number of rotatable bonds is 2. The maximum atomic E-state index is 2.49. The second-order valence-corrected chi connectivity index (χ2v) is 11.7. The lowest BCUT2D eigenvalue weighted by Gasteiger charge is -2.23. The summed E-state index contributed by atoms with van der Waals surface area (Å²) in [5, 5.41) is 5.25. The monoisotopic (exact) mass is 498 g/mol. The average Bonchev–Trinajstić information content (AvgIpc) is 3.23. The van der Waals surface area contributed by atoms with Gasteiger partial charge in [0.15, 0.2) is 0 Å². The fourth-order valence-electron chi connectivity index (χ4n) is 7.03. The molecule has 186 valence electrons. The van der Waals surface area contributed by atoms with Crippen molar-refractivity contribution in [2.75, 3.05) is 0 Å². The van der Waals surface area contributed by atoms with Crippen LogP contribution in [-0.4, -0.2) is 0 Å². The molecule has 0 saturated carbocycles. The van der Waals surface area contributed by atoms with E-state index in [0.29, 0.717) is 0 Å². The van der Waals surface area contributed by atoms with Gasteiger partial charge in [-0.05, 0) is 102 Å². The van der Waals surface area contributed by atoms with Crippen molar-refractivity contribution in [3.63, 3.8) is 0 Å². The van der Waals surface area contributed by atoms with Crippen LogP contribution < -0.4 is 0 Å². The van der Waals surface area contributed by atoms with Crippen molar-refractivity contribution in [2.45, 2.75) is 32.1 Å². The topological polar surface area (TPSA) is 0 Å². The Bertz CT molecular complexity index is 1970. The summed E-state index contributed by atoms with van der Waals surface area (Å²) in [5.41, 5.74) is 13.8. The third-order valence-electron chi connectivity index (χ3n) is 9.12. The molecule has 0 aromatic heterocycles. The Hall–Kier alpha value is -4.42. The molecule has 6 aromatic carbocycles. The van der Waals surface area contributed by atoms with Crippen LogP contribution in [0, 0.1) is 0 Å². The summed E-state index contributed by atoms with van der Waals surface area (Å²) in [6.07, 6.45) is 6.99. The first-order valence-corrected chi connectivity index (χ1v) is 14.1. The maximum Gasteiger partial charge on any atom is 0.0159 e. The molecular weight excluding hydrogens is 468 g/mol. The van der Waals surface area contributed by atoms with Crippen molar-refractivity contribution in [3.05, 3.63) is 138 Å². The first-order valence-electron chi connectivity index (χ1n) is 14.1. The van der Waals surface area contributed by atoms with Gasteiger partial charge >= 0.3 is 0 Å². The minimum atomic E-state index is -0.0468. The number of fused-ring (bicyclic) bond motifs is 8. The van der Waals surface area contributed by atoms with E-state index in [9.17, 15) is 0 Å². The van der Waals surface area contributed by atoms with Crippen LogP contribution in [0.1, 0.15) is 42.5 Å². The Kier molecular flexibility index (Phi) is 4.79. The molecule has 0 N–H and O–H groups in total. The Balaban J connectivity index is 1.31. The maximum absolute atomic E-state index is 2.49. The van der Waals surface area contributed by atoms with Crippen LogP contribution in [0.25, 0.3) is 61.0 Å². The summed E-state index contributed by atoms with van der Waals surface area (Å²) in [7, 11) is 0. The molecule has 2 aliphatic carbocycles. The standard InChI is InChI=1S/C39H30/c1-39(2)35-22-21-27-10-5-6-12-31(27)37(35)38-33-14-8-7-13-32(33)34(24-36(38)39)28-18-15-26(16-19-28)30-20-17-25-9-3-4-11-29(25)23-30/h3-4,6-9,11-24H,5,10H2,1-2H3. The molecule has 6 aromatic rings. The smallest absolute Gasteiger partial charge is 0.0159 e. The Morgan fingerprint density at radius 2 is 1.28 bits per heavy atom. The highest BCUT2D eigenvalue weighted by atomic mass is 14.4. The first kappa shape index (κ1) is 22.6. The summed E-state index contributed by atoms with van der Waals surface area (Å²) in [4.78, 5) is 0. The predicted molar refractivity (Wildman–Crippen MR) is 167 cm³/mol. The molecule has 0 aliphatic heterocycles. The highest BCUT2D eigenvalue weighted by molar-refractivity contribution is 6.10. The third kappa shape index (κ3) is 3.31. The molecule has 0 atom stereocenters. The second kappa shape index (κ2) is 8.29. The highest BCUT2D eigenvalue weighted by Gasteiger charge is 2.39. The van der Waals surface area contributed by atoms with Crippen LogP contribution in [0.4, 0.5) is 0 Å². The summed E-state index contributed by atoms with van der Waals surface area (Å²) < 4.78 is 0. The van der Waals surface area contributed by atoms with Gasteiger partial charge in [-0.25, -0.2) is 0 Å².